The molecule has 0 aromatic heterocycles. The van der Waals surface area contributed by atoms with Gasteiger partial charge in [0.1, 0.15) is 0 Å². The predicted molar refractivity (Wildman–Crippen MR) is 83.6 cm³/mol. The van der Waals surface area contributed by atoms with Gasteiger partial charge in [-0.3, -0.25) is 0 Å². The molecule has 2 aromatic rings. The molecule has 1 atom stereocenters. The van der Waals surface area contributed by atoms with Gasteiger partial charge in [-0.05, 0) is 37.1 Å². The molecule has 1 nitrogen and oxygen atoms in total. The van der Waals surface area contributed by atoms with E-state index in [-0.39, 0.29) is 0 Å². The maximum atomic E-state index is 3.75. The molecule has 0 unspecified atom stereocenters. The minimum atomic E-state index is 0.575. The van der Waals surface area contributed by atoms with E-state index in [1.54, 1.807) is 0 Å². The van der Waals surface area contributed by atoms with Gasteiger partial charge in [-0.2, -0.15) is 0 Å². The second-order valence-electron chi connectivity index (χ2n) is 5.86. The third-order valence-corrected chi connectivity index (χ3v) is 4.53. The van der Waals surface area contributed by atoms with Crippen LogP contribution in [0, 0.1) is 5.92 Å². The minimum Gasteiger partial charge on any atom is -0.382 e. The van der Waals surface area contributed by atoms with E-state index in [2.05, 4.69) is 54.7 Å². The van der Waals surface area contributed by atoms with Crippen LogP contribution in [0.2, 0.25) is 0 Å². The predicted octanol–water partition coefficient (Wildman–Crippen LogP) is 5.22. The van der Waals surface area contributed by atoms with Crippen molar-refractivity contribution in [2.45, 2.75) is 45.1 Å². The number of hydrogen-bond acceptors (Lipinski definition) is 1. The molecule has 1 saturated carbocycles. The first-order valence-corrected chi connectivity index (χ1v) is 7.59. The summed E-state index contributed by atoms with van der Waals surface area (Å²) in [5.74, 6) is 0.840. The van der Waals surface area contributed by atoms with Crippen molar-refractivity contribution in [1.29, 1.82) is 0 Å². The van der Waals surface area contributed by atoms with Crippen molar-refractivity contribution in [3.05, 3.63) is 42.5 Å². The van der Waals surface area contributed by atoms with Crippen molar-refractivity contribution in [1.82, 2.24) is 0 Å². The molecule has 1 aliphatic rings. The number of rotatable bonds is 3. The lowest BCUT2D eigenvalue weighted by molar-refractivity contribution is 0.328. The molecule has 1 N–H and O–H groups in total. The van der Waals surface area contributed by atoms with Gasteiger partial charge in [0.2, 0.25) is 0 Å². The molecule has 0 heterocycles. The molecule has 0 aliphatic heterocycles. The molecule has 1 heteroatoms. The average Bonchev–Trinajstić information content (AvgIpc) is 2.48. The maximum Gasteiger partial charge on any atom is 0.0422 e. The Labute approximate surface area is 116 Å². The van der Waals surface area contributed by atoms with Gasteiger partial charge in [0.25, 0.3) is 0 Å². The van der Waals surface area contributed by atoms with Crippen LogP contribution in [0.3, 0.4) is 0 Å². The summed E-state index contributed by atoms with van der Waals surface area (Å²) in [4.78, 5) is 0. The summed E-state index contributed by atoms with van der Waals surface area (Å²) < 4.78 is 0. The molecule has 2 aromatic carbocycles. The van der Waals surface area contributed by atoms with Crippen LogP contribution in [0.1, 0.15) is 39.0 Å². The summed E-state index contributed by atoms with van der Waals surface area (Å²) >= 11 is 0. The van der Waals surface area contributed by atoms with Crippen LogP contribution in [-0.2, 0) is 0 Å². The van der Waals surface area contributed by atoms with E-state index in [0.717, 1.165) is 5.92 Å². The second kappa shape index (κ2) is 5.64. The van der Waals surface area contributed by atoms with Crippen LogP contribution >= 0.6 is 0 Å². The lowest BCUT2D eigenvalue weighted by Crippen LogP contribution is -2.27. The molecule has 0 amide bonds. The lowest BCUT2D eigenvalue weighted by Gasteiger charge is -2.29. The van der Waals surface area contributed by atoms with E-state index < -0.39 is 0 Å². The third-order valence-electron chi connectivity index (χ3n) is 4.53. The van der Waals surface area contributed by atoms with Crippen molar-refractivity contribution in [3.8, 4) is 0 Å². The van der Waals surface area contributed by atoms with Gasteiger partial charge in [-0.15, -0.1) is 0 Å². The van der Waals surface area contributed by atoms with Gasteiger partial charge >= 0.3 is 0 Å². The van der Waals surface area contributed by atoms with E-state index in [1.807, 2.05) is 0 Å². The quantitative estimate of drug-likeness (QED) is 0.790. The van der Waals surface area contributed by atoms with Crippen LogP contribution in [0.4, 0.5) is 5.69 Å². The first-order chi connectivity index (χ1) is 9.34. The fraction of sp³-hybridized carbons (Fsp3) is 0.444. The van der Waals surface area contributed by atoms with Crippen molar-refractivity contribution < 1.29 is 0 Å². The van der Waals surface area contributed by atoms with Gasteiger partial charge < -0.3 is 5.32 Å². The molecule has 3 rings (SSSR count). The second-order valence-corrected chi connectivity index (χ2v) is 5.86. The van der Waals surface area contributed by atoms with Crippen LogP contribution < -0.4 is 5.32 Å². The highest BCUT2D eigenvalue weighted by Crippen LogP contribution is 2.30. The van der Waals surface area contributed by atoms with Crippen LogP contribution in [-0.4, -0.2) is 6.04 Å². The molecule has 1 fully saturated rings. The maximum absolute atomic E-state index is 3.75. The zero-order chi connectivity index (χ0) is 13.1. The molecular weight excluding hydrogens is 230 g/mol. The third kappa shape index (κ3) is 2.75. The van der Waals surface area contributed by atoms with E-state index in [1.165, 1.54) is 48.6 Å². The fourth-order valence-electron chi connectivity index (χ4n) is 3.35. The van der Waals surface area contributed by atoms with Crippen LogP contribution in [0.25, 0.3) is 10.8 Å². The monoisotopic (exact) mass is 253 g/mol. The SMILES string of the molecule is C[C@@H](Nc1cccc2ccccc12)C1CCCCC1. The summed E-state index contributed by atoms with van der Waals surface area (Å²) in [6.45, 7) is 2.35. The zero-order valence-electron chi connectivity index (χ0n) is 11.7. The Bertz CT molecular complexity index is 535. The first-order valence-electron chi connectivity index (χ1n) is 7.59. The Balaban J connectivity index is 1.80. The summed E-state index contributed by atoms with van der Waals surface area (Å²) in [7, 11) is 0. The van der Waals surface area contributed by atoms with Crippen molar-refractivity contribution in [2.24, 2.45) is 5.92 Å². The molecule has 0 saturated heterocycles. The number of fused-ring (bicyclic) bond motifs is 1. The topological polar surface area (TPSA) is 12.0 Å². The van der Waals surface area contributed by atoms with Gasteiger partial charge in [-0.1, -0.05) is 55.7 Å². The Morgan fingerprint density at radius 3 is 2.53 bits per heavy atom. The average molecular weight is 253 g/mol. The Kier molecular flexibility index (Phi) is 3.72. The van der Waals surface area contributed by atoms with E-state index in [4.69, 9.17) is 0 Å². The Morgan fingerprint density at radius 2 is 1.68 bits per heavy atom. The minimum absolute atomic E-state index is 0.575. The first kappa shape index (κ1) is 12.5. The molecule has 19 heavy (non-hydrogen) atoms. The molecule has 0 spiro atoms. The summed E-state index contributed by atoms with van der Waals surface area (Å²) in [5, 5.41) is 6.42. The largest absolute Gasteiger partial charge is 0.382 e. The molecular formula is C18H23N. The lowest BCUT2D eigenvalue weighted by atomic mass is 9.84. The van der Waals surface area contributed by atoms with E-state index in [9.17, 15) is 0 Å². The van der Waals surface area contributed by atoms with Crippen LogP contribution in [0.15, 0.2) is 42.5 Å². The molecule has 1 aliphatic carbocycles. The summed E-state index contributed by atoms with van der Waals surface area (Å²) in [6, 6.07) is 15.8. The highest BCUT2D eigenvalue weighted by atomic mass is 14.9. The van der Waals surface area contributed by atoms with Gasteiger partial charge in [-0.25, -0.2) is 0 Å². The highest BCUT2D eigenvalue weighted by molar-refractivity contribution is 5.93. The zero-order valence-corrected chi connectivity index (χ0v) is 11.7. The highest BCUT2D eigenvalue weighted by Gasteiger charge is 2.20. The molecule has 0 bridgehead atoms. The number of anilines is 1. The van der Waals surface area contributed by atoms with Gasteiger partial charge in [0.05, 0.1) is 0 Å². The Hall–Kier alpha value is -1.50. The summed E-state index contributed by atoms with van der Waals surface area (Å²) in [6.07, 6.45) is 7.02. The number of hydrogen-bond donors (Lipinski definition) is 1. The smallest absolute Gasteiger partial charge is 0.0422 e. The Morgan fingerprint density at radius 1 is 0.947 bits per heavy atom. The van der Waals surface area contributed by atoms with E-state index in [0.29, 0.717) is 6.04 Å². The number of benzene rings is 2. The number of nitrogens with one attached hydrogen (secondary N) is 1. The molecule has 0 radical (unpaired) electrons. The van der Waals surface area contributed by atoms with Crippen molar-refractivity contribution >= 4 is 16.5 Å². The standard InChI is InChI=1S/C18H23N/c1-14(15-8-3-2-4-9-15)19-18-13-7-11-16-10-5-6-12-17(16)18/h5-7,10-15,19H,2-4,8-9H2,1H3/t14-/m1/s1. The normalized spacial score (nSPS) is 18.4. The van der Waals surface area contributed by atoms with E-state index >= 15 is 0 Å². The summed E-state index contributed by atoms with van der Waals surface area (Å²) in [5.41, 5.74) is 1.29. The van der Waals surface area contributed by atoms with Gasteiger partial charge in [0, 0.05) is 17.1 Å². The van der Waals surface area contributed by atoms with Crippen molar-refractivity contribution in [2.75, 3.05) is 5.32 Å². The van der Waals surface area contributed by atoms with Gasteiger partial charge in [0.15, 0.2) is 0 Å². The van der Waals surface area contributed by atoms with Crippen molar-refractivity contribution in [3.63, 3.8) is 0 Å². The molecule has 100 valence electrons. The fourth-order valence-corrected chi connectivity index (χ4v) is 3.35. The van der Waals surface area contributed by atoms with Crippen LogP contribution in [0.5, 0.6) is 0 Å².